The Hall–Kier alpha value is -1.98. The largest absolute Gasteiger partial charge is 0.346 e. The number of halogens is 2. The van der Waals surface area contributed by atoms with E-state index in [4.69, 9.17) is 0 Å². The van der Waals surface area contributed by atoms with Gasteiger partial charge in [0.1, 0.15) is 5.82 Å². The Labute approximate surface area is 90.6 Å². The molecule has 0 aliphatic rings. The van der Waals surface area contributed by atoms with Gasteiger partial charge in [-0.1, -0.05) is 6.58 Å². The van der Waals surface area contributed by atoms with Gasteiger partial charge < -0.3 is 9.72 Å². The first-order valence-corrected chi connectivity index (χ1v) is 4.63. The maximum atomic E-state index is 12.8. The van der Waals surface area contributed by atoms with Crippen molar-refractivity contribution in [3.63, 3.8) is 0 Å². The van der Waals surface area contributed by atoms with Crippen LogP contribution in [0.4, 0.5) is 14.6 Å². The summed E-state index contributed by atoms with van der Waals surface area (Å²) < 4.78 is 27.0. The maximum Gasteiger partial charge on any atom is 0.284 e. The molecule has 0 saturated carbocycles. The van der Waals surface area contributed by atoms with Gasteiger partial charge in [-0.3, -0.25) is 0 Å². The van der Waals surface area contributed by atoms with E-state index in [1.54, 1.807) is 19.3 Å². The van der Waals surface area contributed by atoms with Crippen LogP contribution in [0.3, 0.4) is 0 Å². The lowest BCUT2D eigenvalue weighted by atomic mass is 10.4. The highest BCUT2D eigenvalue weighted by Crippen LogP contribution is 2.23. The van der Waals surface area contributed by atoms with Crippen LogP contribution in [0.25, 0.3) is 5.65 Å². The van der Waals surface area contributed by atoms with Gasteiger partial charge in [0.2, 0.25) is 0 Å². The van der Waals surface area contributed by atoms with Crippen molar-refractivity contribution in [3.05, 3.63) is 36.6 Å². The Morgan fingerprint density at radius 1 is 1.44 bits per heavy atom. The monoisotopic (exact) mass is 224 g/mol. The molecular formula is C10H10F2N4. The van der Waals surface area contributed by atoms with E-state index < -0.39 is 6.43 Å². The molecule has 2 heterocycles. The standard InChI is InChI=1S/C10H10F2N4/c1-3-13-7-5-16-4-6(2)14-10(16)8(15-7)9(11)12/h3-5,9,13H,1H2,2H3. The average molecular weight is 224 g/mol. The number of aryl methyl sites for hydroxylation is 1. The molecule has 0 atom stereocenters. The minimum Gasteiger partial charge on any atom is -0.346 e. The molecule has 0 aromatic carbocycles. The number of fused-ring (bicyclic) bond motifs is 1. The third kappa shape index (κ3) is 1.73. The summed E-state index contributed by atoms with van der Waals surface area (Å²) in [5, 5.41) is 2.68. The Bertz CT molecular complexity index is 533. The third-order valence-corrected chi connectivity index (χ3v) is 2.04. The van der Waals surface area contributed by atoms with Crippen LogP contribution in [0.5, 0.6) is 0 Å². The van der Waals surface area contributed by atoms with Crippen LogP contribution in [0.1, 0.15) is 17.8 Å². The van der Waals surface area contributed by atoms with Gasteiger partial charge in [0.15, 0.2) is 11.3 Å². The van der Waals surface area contributed by atoms with E-state index in [1.165, 1.54) is 10.6 Å². The lowest BCUT2D eigenvalue weighted by molar-refractivity contribution is 0.147. The predicted octanol–water partition coefficient (Wildman–Crippen LogP) is 2.53. The maximum absolute atomic E-state index is 12.8. The lowest BCUT2D eigenvalue weighted by Crippen LogP contribution is -2.01. The molecule has 0 radical (unpaired) electrons. The summed E-state index contributed by atoms with van der Waals surface area (Å²) in [6.45, 7) is 5.19. The van der Waals surface area contributed by atoms with Crippen LogP contribution in [0.2, 0.25) is 0 Å². The summed E-state index contributed by atoms with van der Waals surface area (Å²) in [6.07, 6.45) is 1.98. The second-order valence-corrected chi connectivity index (χ2v) is 3.27. The lowest BCUT2D eigenvalue weighted by Gasteiger charge is -2.05. The van der Waals surface area contributed by atoms with Crippen molar-refractivity contribution in [1.29, 1.82) is 0 Å². The number of aromatic nitrogens is 3. The molecular weight excluding hydrogens is 214 g/mol. The zero-order valence-corrected chi connectivity index (χ0v) is 8.61. The fourth-order valence-electron chi connectivity index (χ4n) is 1.46. The fraction of sp³-hybridized carbons (Fsp3) is 0.200. The second kappa shape index (κ2) is 3.88. The molecule has 2 aromatic heterocycles. The van der Waals surface area contributed by atoms with E-state index >= 15 is 0 Å². The Kier molecular flexibility index (Phi) is 2.55. The van der Waals surface area contributed by atoms with E-state index in [1.807, 2.05) is 0 Å². The van der Waals surface area contributed by atoms with Gasteiger partial charge in [-0.2, -0.15) is 0 Å². The molecule has 84 valence electrons. The molecule has 0 unspecified atom stereocenters. The summed E-state index contributed by atoms with van der Waals surface area (Å²) in [5.41, 5.74) is 0.515. The normalized spacial score (nSPS) is 11.0. The summed E-state index contributed by atoms with van der Waals surface area (Å²) >= 11 is 0. The highest BCUT2D eigenvalue weighted by molar-refractivity contribution is 5.51. The number of nitrogens with one attached hydrogen (secondary N) is 1. The number of imidazole rings is 1. The quantitative estimate of drug-likeness (QED) is 0.871. The first-order chi connectivity index (χ1) is 7.61. The van der Waals surface area contributed by atoms with Crippen LogP contribution in [0.15, 0.2) is 25.2 Å². The van der Waals surface area contributed by atoms with Crippen molar-refractivity contribution < 1.29 is 8.78 Å². The van der Waals surface area contributed by atoms with Crippen LogP contribution < -0.4 is 5.32 Å². The molecule has 0 saturated heterocycles. The number of rotatable bonds is 3. The van der Waals surface area contributed by atoms with Crippen LogP contribution in [-0.2, 0) is 0 Å². The molecule has 2 rings (SSSR count). The summed E-state index contributed by atoms with van der Waals surface area (Å²) in [6, 6.07) is 0. The molecule has 16 heavy (non-hydrogen) atoms. The minimum absolute atomic E-state index is 0.183. The van der Waals surface area contributed by atoms with Gasteiger partial charge in [-0.05, 0) is 13.1 Å². The topological polar surface area (TPSA) is 42.2 Å². The fourth-order valence-corrected chi connectivity index (χ4v) is 1.46. The molecule has 0 aliphatic carbocycles. The molecule has 2 aromatic rings. The average Bonchev–Trinajstić information content (AvgIpc) is 2.57. The zero-order chi connectivity index (χ0) is 11.7. The molecule has 0 spiro atoms. The SMILES string of the molecule is C=CNc1cn2cc(C)nc2c(C(F)F)n1. The molecule has 1 N–H and O–H groups in total. The number of hydrogen-bond acceptors (Lipinski definition) is 3. The van der Waals surface area contributed by atoms with E-state index in [0.29, 0.717) is 11.5 Å². The Balaban J connectivity index is 2.67. The van der Waals surface area contributed by atoms with Crippen LogP contribution in [0, 0.1) is 6.92 Å². The first kappa shape index (κ1) is 10.5. The zero-order valence-electron chi connectivity index (χ0n) is 8.61. The van der Waals surface area contributed by atoms with Crippen LogP contribution in [-0.4, -0.2) is 14.4 Å². The number of hydrogen-bond donors (Lipinski definition) is 1. The van der Waals surface area contributed by atoms with Crippen LogP contribution >= 0.6 is 0 Å². The first-order valence-electron chi connectivity index (χ1n) is 4.63. The molecule has 0 bridgehead atoms. The van der Waals surface area contributed by atoms with Crippen molar-refractivity contribution in [2.24, 2.45) is 0 Å². The molecule has 0 amide bonds. The molecule has 6 heteroatoms. The van der Waals surface area contributed by atoms with Crippen molar-refractivity contribution in [2.75, 3.05) is 5.32 Å². The predicted molar refractivity (Wildman–Crippen MR) is 56.5 cm³/mol. The van der Waals surface area contributed by atoms with Gasteiger partial charge >= 0.3 is 0 Å². The van der Waals surface area contributed by atoms with Crippen molar-refractivity contribution in [3.8, 4) is 0 Å². The molecule has 0 aliphatic heterocycles. The highest BCUT2D eigenvalue weighted by atomic mass is 19.3. The van der Waals surface area contributed by atoms with E-state index in [2.05, 4.69) is 21.9 Å². The highest BCUT2D eigenvalue weighted by Gasteiger charge is 2.17. The van der Waals surface area contributed by atoms with Gasteiger partial charge in [0.05, 0.1) is 11.9 Å². The summed E-state index contributed by atoms with van der Waals surface area (Å²) in [5.74, 6) is 0.315. The van der Waals surface area contributed by atoms with Gasteiger partial charge in [0.25, 0.3) is 6.43 Å². The second-order valence-electron chi connectivity index (χ2n) is 3.27. The van der Waals surface area contributed by atoms with E-state index in [0.717, 1.165) is 0 Å². The van der Waals surface area contributed by atoms with Crippen molar-refractivity contribution >= 4 is 11.5 Å². The number of nitrogens with zero attached hydrogens (tertiary/aromatic N) is 3. The third-order valence-electron chi connectivity index (χ3n) is 2.04. The summed E-state index contributed by atoms with van der Waals surface area (Å²) in [7, 11) is 0. The number of alkyl halides is 2. The number of anilines is 1. The molecule has 0 fully saturated rings. The smallest absolute Gasteiger partial charge is 0.284 e. The Morgan fingerprint density at radius 2 is 2.19 bits per heavy atom. The van der Waals surface area contributed by atoms with Crippen molar-refractivity contribution in [2.45, 2.75) is 13.3 Å². The summed E-state index contributed by atoms with van der Waals surface area (Å²) in [4.78, 5) is 7.79. The molecule has 4 nitrogen and oxygen atoms in total. The van der Waals surface area contributed by atoms with Gasteiger partial charge in [0, 0.05) is 6.20 Å². The van der Waals surface area contributed by atoms with Gasteiger partial charge in [-0.25, -0.2) is 18.7 Å². The minimum atomic E-state index is -2.66. The Morgan fingerprint density at radius 3 is 2.81 bits per heavy atom. The van der Waals surface area contributed by atoms with E-state index in [-0.39, 0.29) is 11.3 Å². The van der Waals surface area contributed by atoms with Gasteiger partial charge in [-0.15, -0.1) is 0 Å². The van der Waals surface area contributed by atoms with E-state index in [9.17, 15) is 8.78 Å². The van der Waals surface area contributed by atoms with Crippen molar-refractivity contribution in [1.82, 2.24) is 14.4 Å².